The molecule has 8 heteroatoms. The van der Waals surface area contributed by atoms with Gasteiger partial charge in [0.15, 0.2) is 0 Å². The number of benzene rings is 6. The van der Waals surface area contributed by atoms with Crippen LogP contribution in [0.25, 0.3) is 0 Å². The molecule has 0 spiro atoms. The molecule has 52 heavy (non-hydrogen) atoms. The van der Waals surface area contributed by atoms with Gasteiger partial charge in [-0.15, -0.1) is 12.2 Å². The van der Waals surface area contributed by atoms with Gasteiger partial charge < -0.3 is 20.0 Å². The summed E-state index contributed by atoms with van der Waals surface area (Å²) in [6.45, 7) is 3.02. The maximum atomic E-state index is 13.7. The average Bonchev–Trinajstić information content (AvgIpc) is 3.15. The van der Waals surface area contributed by atoms with Gasteiger partial charge in [0.1, 0.15) is 0 Å². The van der Waals surface area contributed by atoms with Crippen molar-refractivity contribution in [1.82, 2.24) is 0 Å². The van der Waals surface area contributed by atoms with Gasteiger partial charge in [-0.1, -0.05) is 72.8 Å². The Hall–Kier alpha value is -2.24. The van der Waals surface area contributed by atoms with Crippen molar-refractivity contribution in [2.45, 2.75) is 50.2 Å². The number of rotatable bonds is 12. The van der Waals surface area contributed by atoms with Crippen molar-refractivity contribution in [2.24, 2.45) is 0 Å². The van der Waals surface area contributed by atoms with Crippen LogP contribution in [0.2, 0.25) is 0 Å². The van der Waals surface area contributed by atoms with Crippen molar-refractivity contribution in [3.05, 3.63) is 193 Å². The van der Waals surface area contributed by atoms with Gasteiger partial charge in [0.2, 0.25) is 0 Å². The first-order valence-corrected chi connectivity index (χ1v) is 21.5. The molecule has 6 aromatic rings. The van der Waals surface area contributed by atoms with E-state index in [1.165, 1.54) is 36.5 Å². The summed E-state index contributed by atoms with van der Waals surface area (Å²) in [4.78, 5) is 4.70. The van der Waals surface area contributed by atoms with Crippen LogP contribution in [0.3, 0.4) is 0 Å². The third kappa shape index (κ3) is 9.34. The van der Waals surface area contributed by atoms with Gasteiger partial charge in [0, 0.05) is 51.8 Å². The van der Waals surface area contributed by atoms with E-state index in [4.69, 9.17) is 0 Å². The van der Waals surface area contributed by atoms with Gasteiger partial charge in [-0.2, -0.15) is 0 Å². The van der Waals surface area contributed by atoms with Crippen molar-refractivity contribution < 1.29 is 10.2 Å². The van der Waals surface area contributed by atoms with E-state index in [0.717, 1.165) is 48.7 Å². The van der Waals surface area contributed by atoms with E-state index in [9.17, 15) is 10.2 Å². The van der Waals surface area contributed by atoms with E-state index in [0.29, 0.717) is 0 Å². The van der Waals surface area contributed by atoms with Crippen LogP contribution in [-0.4, -0.2) is 12.2 Å². The second kappa shape index (κ2) is 17.5. The fourth-order valence-corrected chi connectivity index (χ4v) is 8.40. The molecule has 1 aliphatic carbocycles. The lowest BCUT2D eigenvalue weighted by Gasteiger charge is -2.61. The summed E-state index contributed by atoms with van der Waals surface area (Å²) in [5, 5.41) is 27.5. The van der Waals surface area contributed by atoms with Crippen LogP contribution < -0.4 is 20.0 Å². The summed E-state index contributed by atoms with van der Waals surface area (Å²) in [7, 11) is 0. The standard InChI is InChI=1S/C44H36I4N2O2/c45-35-13-1-29(2-14-35)25-49(26-30-3-15-36(46)16-4-30)39-21-9-33(10-22-39)41-43(51)42(44(41)52)34-11-23-40(24-12-34)50(27-31-5-17-37(47)18-6-31)28-32-7-19-38(48)20-8-32/h1-24,41-44H,25-28H2/q-2. The normalized spacial score (nSPS) is 18.1. The van der Waals surface area contributed by atoms with Crippen molar-refractivity contribution in [3.8, 4) is 0 Å². The Morgan fingerprint density at radius 3 is 0.808 bits per heavy atom. The fourth-order valence-electron chi connectivity index (χ4n) is 6.97. The Morgan fingerprint density at radius 2 is 0.577 bits per heavy atom. The molecular formula is C44H36I4N2O2-2. The molecule has 0 saturated heterocycles. The van der Waals surface area contributed by atoms with Gasteiger partial charge >= 0.3 is 0 Å². The molecule has 0 aliphatic heterocycles. The highest BCUT2D eigenvalue weighted by Crippen LogP contribution is 2.46. The lowest BCUT2D eigenvalue weighted by Crippen LogP contribution is -2.63. The lowest BCUT2D eigenvalue weighted by molar-refractivity contribution is -0.536. The molecule has 0 N–H and O–H groups in total. The third-order valence-electron chi connectivity index (χ3n) is 9.85. The smallest absolute Gasteiger partial charge is 0.0433 e. The highest BCUT2D eigenvalue weighted by atomic mass is 127. The zero-order valence-electron chi connectivity index (χ0n) is 28.2. The van der Waals surface area contributed by atoms with Crippen LogP contribution in [-0.2, 0) is 26.2 Å². The second-order valence-corrected chi connectivity index (χ2v) is 18.4. The monoisotopic (exact) mass is 1130 g/mol. The van der Waals surface area contributed by atoms with E-state index < -0.39 is 24.0 Å². The molecule has 0 aromatic heterocycles. The number of hydrogen-bond donors (Lipinski definition) is 0. The molecule has 0 atom stereocenters. The van der Waals surface area contributed by atoms with Crippen LogP contribution in [0.4, 0.5) is 11.4 Å². The van der Waals surface area contributed by atoms with Gasteiger partial charge in [-0.25, -0.2) is 0 Å². The molecule has 1 saturated carbocycles. The maximum Gasteiger partial charge on any atom is 0.0433 e. The Bertz CT molecular complexity index is 1800. The molecule has 0 unspecified atom stereocenters. The largest absolute Gasteiger partial charge is 0.851 e. The minimum atomic E-state index is -0.983. The maximum absolute atomic E-state index is 13.7. The minimum absolute atomic E-state index is 0.558. The van der Waals surface area contributed by atoms with Gasteiger partial charge in [0.05, 0.1) is 0 Å². The van der Waals surface area contributed by atoms with E-state index in [-0.39, 0.29) is 0 Å². The van der Waals surface area contributed by atoms with E-state index in [1.807, 2.05) is 24.3 Å². The summed E-state index contributed by atoms with van der Waals surface area (Å²) in [6.07, 6.45) is -1.97. The zero-order valence-corrected chi connectivity index (χ0v) is 36.8. The molecule has 1 fully saturated rings. The Morgan fingerprint density at radius 1 is 0.346 bits per heavy atom. The first-order chi connectivity index (χ1) is 25.2. The second-order valence-electron chi connectivity index (χ2n) is 13.4. The molecule has 4 nitrogen and oxygen atoms in total. The first-order valence-electron chi connectivity index (χ1n) is 17.2. The van der Waals surface area contributed by atoms with Gasteiger partial charge in [-0.3, -0.25) is 0 Å². The minimum Gasteiger partial charge on any atom is -0.851 e. The van der Waals surface area contributed by atoms with Crippen LogP contribution in [0.1, 0.15) is 45.2 Å². The summed E-state index contributed by atoms with van der Waals surface area (Å²) < 4.78 is 4.84. The molecule has 0 amide bonds. The quantitative estimate of drug-likeness (QED) is 0.115. The predicted molar refractivity (Wildman–Crippen MR) is 242 cm³/mol. The number of nitrogens with zero attached hydrogens (tertiary/aromatic N) is 2. The zero-order chi connectivity index (χ0) is 36.2. The molecule has 264 valence electrons. The van der Waals surface area contributed by atoms with Crippen LogP contribution in [0, 0.1) is 14.3 Å². The Labute approximate surface area is 361 Å². The Balaban J connectivity index is 1.06. The van der Waals surface area contributed by atoms with Crippen molar-refractivity contribution in [2.75, 3.05) is 9.80 Å². The van der Waals surface area contributed by atoms with Crippen molar-refractivity contribution >= 4 is 102 Å². The third-order valence-corrected chi connectivity index (χ3v) is 12.7. The highest BCUT2D eigenvalue weighted by molar-refractivity contribution is 14.1. The molecule has 0 bridgehead atoms. The summed E-state index contributed by atoms with van der Waals surface area (Å²) in [5.41, 5.74) is 8.73. The van der Waals surface area contributed by atoms with Gasteiger partial charge in [0.25, 0.3) is 0 Å². The topological polar surface area (TPSA) is 52.6 Å². The SMILES string of the molecule is [O-]C1C(c2ccc(N(Cc3ccc(I)cc3)Cc3ccc(I)cc3)cc2)C([O-])C1c1ccc(N(Cc2ccc(I)cc2)Cc2ccc(I)cc2)cc1. The number of anilines is 2. The number of halogens is 4. The van der Waals surface area contributed by atoms with Crippen LogP contribution in [0.15, 0.2) is 146 Å². The van der Waals surface area contributed by atoms with Gasteiger partial charge in [-0.05, 0) is 208 Å². The van der Waals surface area contributed by atoms with Crippen LogP contribution in [0.5, 0.6) is 0 Å². The summed E-state index contributed by atoms with van der Waals surface area (Å²) in [6, 6.07) is 50.8. The molecule has 6 aromatic carbocycles. The van der Waals surface area contributed by atoms with E-state index in [2.05, 4.69) is 221 Å². The van der Waals surface area contributed by atoms with Crippen molar-refractivity contribution in [1.29, 1.82) is 0 Å². The summed E-state index contributed by atoms with van der Waals surface area (Å²) in [5.74, 6) is -1.12. The molecule has 0 heterocycles. The average molecular weight is 1130 g/mol. The number of hydrogen-bond acceptors (Lipinski definition) is 4. The Kier molecular flexibility index (Phi) is 12.8. The molecular weight excluding hydrogens is 1100 g/mol. The molecule has 7 rings (SSSR count). The fraction of sp³-hybridized carbons (Fsp3) is 0.182. The predicted octanol–water partition coefficient (Wildman–Crippen LogP) is 9.86. The van der Waals surface area contributed by atoms with Crippen molar-refractivity contribution in [3.63, 3.8) is 0 Å². The lowest BCUT2D eigenvalue weighted by atomic mass is 9.63. The highest BCUT2D eigenvalue weighted by Gasteiger charge is 2.38. The van der Waals surface area contributed by atoms with Crippen LogP contribution >= 0.6 is 90.4 Å². The summed E-state index contributed by atoms with van der Waals surface area (Å²) >= 11 is 9.34. The van der Waals surface area contributed by atoms with E-state index in [1.54, 1.807) is 0 Å². The van der Waals surface area contributed by atoms with E-state index >= 15 is 0 Å². The first kappa shape index (κ1) is 38.1. The molecule has 1 aliphatic rings. The molecule has 0 radical (unpaired) electrons.